The summed E-state index contributed by atoms with van der Waals surface area (Å²) >= 11 is 0. The summed E-state index contributed by atoms with van der Waals surface area (Å²) in [7, 11) is 3.69. The standard InChI is InChI=1S/C20H21F3N2O2/c1-24(2)17-11-25(12-18(17)26)19(27)15-7-3-5-13(9-15)14-6-4-8-16(10-14)20(21,22)23/h3-10,17-18,26H,11-12H2,1-2H3/t17-,18-/m1/s1. The Morgan fingerprint density at radius 3 is 2.30 bits per heavy atom. The largest absolute Gasteiger partial charge is 0.416 e. The molecule has 0 aliphatic carbocycles. The zero-order valence-electron chi connectivity index (χ0n) is 15.1. The van der Waals surface area contributed by atoms with Gasteiger partial charge in [-0.2, -0.15) is 13.2 Å². The average molecular weight is 378 g/mol. The molecule has 1 fully saturated rings. The predicted octanol–water partition coefficient (Wildman–Crippen LogP) is 3.12. The second kappa shape index (κ2) is 7.32. The molecule has 2 atom stereocenters. The van der Waals surface area contributed by atoms with Crippen LogP contribution in [0.1, 0.15) is 15.9 Å². The number of benzene rings is 2. The normalized spacial score (nSPS) is 20.3. The Hall–Kier alpha value is -2.38. The molecule has 1 amide bonds. The van der Waals surface area contributed by atoms with E-state index in [1.165, 1.54) is 6.07 Å². The van der Waals surface area contributed by atoms with Gasteiger partial charge < -0.3 is 14.9 Å². The molecule has 0 saturated carbocycles. The number of hydrogen-bond acceptors (Lipinski definition) is 3. The van der Waals surface area contributed by atoms with Gasteiger partial charge in [-0.1, -0.05) is 24.3 Å². The second-order valence-electron chi connectivity index (χ2n) is 6.97. The molecule has 0 unspecified atom stereocenters. The third-order valence-electron chi connectivity index (χ3n) is 4.84. The van der Waals surface area contributed by atoms with Crippen LogP contribution in [0, 0.1) is 0 Å². The molecule has 0 aromatic heterocycles. The highest BCUT2D eigenvalue weighted by Crippen LogP contribution is 2.32. The molecule has 1 aliphatic rings. The van der Waals surface area contributed by atoms with E-state index in [4.69, 9.17) is 0 Å². The molecule has 2 aromatic rings. The van der Waals surface area contributed by atoms with Crippen LogP contribution in [0.5, 0.6) is 0 Å². The van der Waals surface area contributed by atoms with Crippen molar-refractivity contribution in [2.75, 3.05) is 27.2 Å². The molecule has 3 rings (SSSR count). The number of alkyl halides is 3. The van der Waals surface area contributed by atoms with Gasteiger partial charge in [0.25, 0.3) is 5.91 Å². The smallest absolute Gasteiger partial charge is 0.390 e. The van der Waals surface area contributed by atoms with Crippen LogP contribution in [0.3, 0.4) is 0 Å². The van der Waals surface area contributed by atoms with Crippen molar-refractivity contribution in [3.8, 4) is 11.1 Å². The Balaban J connectivity index is 1.85. The molecule has 144 valence electrons. The Labute approximate surface area is 155 Å². The van der Waals surface area contributed by atoms with Crippen LogP contribution in [-0.2, 0) is 6.18 Å². The van der Waals surface area contributed by atoms with Crippen molar-refractivity contribution in [2.45, 2.75) is 18.3 Å². The monoisotopic (exact) mass is 378 g/mol. The minimum atomic E-state index is -4.42. The molecular formula is C20H21F3N2O2. The van der Waals surface area contributed by atoms with Crippen LogP contribution >= 0.6 is 0 Å². The minimum Gasteiger partial charge on any atom is -0.390 e. The molecule has 1 N–H and O–H groups in total. The van der Waals surface area contributed by atoms with Crippen LogP contribution in [0.4, 0.5) is 13.2 Å². The highest BCUT2D eigenvalue weighted by Gasteiger charge is 2.35. The lowest BCUT2D eigenvalue weighted by atomic mass is 10.0. The summed E-state index contributed by atoms with van der Waals surface area (Å²) in [6.07, 6.45) is -5.05. The van der Waals surface area contributed by atoms with Crippen molar-refractivity contribution in [1.29, 1.82) is 0 Å². The van der Waals surface area contributed by atoms with Crippen LogP contribution in [-0.4, -0.2) is 60.1 Å². The van der Waals surface area contributed by atoms with Gasteiger partial charge in [0, 0.05) is 18.7 Å². The maximum atomic E-state index is 12.9. The fourth-order valence-corrected chi connectivity index (χ4v) is 3.33. The summed E-state index contributed by atoms with van der Waals surface area (Å²) < 4.78 is 38.8. The van der Waals surface area contributed by atoms with Crippen molar-refractivity contribution in [3.05, 3.63) is 59.7 Å². The number of halogens is 3. The third-order valence-corrected chi connectivity index (χ3v) is 4.84. The van der Waals surface area contributed by atoms with E-state index in [0.29, 0.717) is 23.2 Å². The van der Waals surface area contributed by atoms with Gasteiger partial charge in [-0.05, 0) is 49.5 Å². The summed E-state index contributed by atoms with van der Waals surface area (Å²) in [5.41, 5.74) is 0.590. The van der Waals surface area contributed by atoms with E-state index in [-0.39, 0.29) is 18.5 Å². The van der Waals surface area contributed by atoms with Gasteiger partial charge in [-0.15, -0.1) is 0 Å². The van der Waals surface area contributed by atoms with Crippen LogP contribution in [0.15, 0.2) is 48.5 Å². The number of nitrogens with zero attached hydrogens (tertiary/aromatic N) is 2. The molecule has 0 bridgehead atoms. The van der Waals surface area contributed by atoms with E-state index in [2.05, 4.69) is 0 Å². The van der Waals surface area contributed by atoms with Crippen LogP contribution in [0.25, 0.3) is 11.1 Å². The summed E-state index contributed by atoms with van der Waals surface area (Å²) in [6.45, 7) is 0.635. The molecule has 1 aliphatic heterocycles. The van der Waals surface area contributed by atoms with Gasteiger partial charge in [-0.3, -0.25) is 4.79 Å². The lowest BCUT2D eigenvalue weighted by Crippen LogP contribution is -2.38. The van der Waals surface area contributed by atoms with Crippen LogP contribution in [0.2, 0.25) is 0 Å². The van der Waals surface area contributed by atoms with E-state index >= 15 is 0 Å². The number of carbonyl (C=O) groups is 1. The molecular weight excluding hydrogens is 357 g/mol. The lowest BCUT2D eigenvalue weighted by molar-refractivity contribution is -0.137. The average Bonchev–Trinajstić information content (AvgIpc) is 3.02. The van der Waals surface area contributed by atoms with E-state index in [0.717, 1.165) is 12.1 Å². The maximum Gasteiger partial charge on any atom is 0.416 e. The number of amides is 1. The number of hydrogen-bond donors (Lipinski definition) is 1. The van der Waals surface area contributed by atoms with Crippen molar-refractivity contribution in [2.24, 2.45) is 0 Å². The molecule has 0 radical (unpaired) electrons. The maximum absolute atomic E-state index is 12.9. The van der Waals surface area contributed by atoms with Gasteiger partial charge >= 0.3 is 6.18 Å². The molecule has 1 heterocycles. The van der Waals surface area contributed by atoms with E-state index in [9.17, 15) is 23.1 Å². The Bertz CT molecular complexity index is 836. The van der Waals surface area contributed by atoms with Crippen molar-refractivity contribution in [3.63, 3.8) is 0 Å². The van der Waals surface area contributed by atoms with Crippen LogP contribution < -0.4 is 0 Å². The van der Waals surface area contributed by atoms with Gasteiger partial charge in [0.1, 0.15) is 0 Å². The number of aliphatic hydroxyl groups is 1. The summed E-state index contributed by atoms with van der Waals surface area (Å²) in [5, 5.41) is 10.1. The minimum absolute atomic E-state index is 0.138. The van der Waals surface area contributed by atoms with Gasteiger partial charge in [0.15, 0.2) is 0 Å². The highest BCUT2D eigenvalue weighted by molar-refractivity contribution is 5.95. The number of β-amino-alcohol motifs (C(OH)–C–C–N with tert-alkyl or cyclic N) is 1. The molecule has 7 heteroatoms. The highest BCUT2D eigenvalue weighted by atomic mass is 19.4. The molecule has 0 spiro atoms. The zero-order chi connectivity index (χ0) is 19.8. The van der Waals surface area contributed by atoms with Gasteiger partial charge in [0.2, 0.25) is 0 Å². The topological polar surface area (TPSA) is 43.8 Å². The number of carbonyl (C=O) groups excluding carboxylic acids is 1. The Morgan fingerprint density at radius 2 is 1.70 bits per heavy atom. The summed E-state index contributed by atoms with van der Waals surface area (Å²) in [6, 6.07) is 11.4. The quantitative estimate of drug-likeness (QED) is 0.893. The van der Waals surface area contributed by atoms with Crippen molar-refractivity contribution >= 4 is 5.91 Å². The summed E-state index contributed by atoms with van der Waals surface area (Å²) in [4.78, 5) is 16.2. The van der Waals surface area contributed by atoms with E-state index < -0.39 is 17.8 Å². The number of aliphatic hydroxyl groups excluding tert-OH is 1. The summed E-state index contributed by atoms with van der Waals surface area (Å²) in [5.74, 6) is -0.243. The SMILES string of the molecule is CN(C)[C@@H]1CN(C(=O)c2cccc(-c3cccc(C(F)(F)F)c3)c2)C[C@H]1O. The third kappa shape index (κ3) is 4.14. The fraction of sp³-hybridized carbons (Fsp3) is 0.350. The molecule has 4 nitrogen and oxygen atoms in total. The van der Waals surface area contributed by atoms with Gasteiger partial charge in [0.05, 0.1) is 17.7 Å². The first-order chi connectivity index (χ1) is 12.7. The first kappa shape index (κ1) is 19.4. The lowest BCUT2D eigenvalue weighted by Gasteiger charge is -2.21. The zero-order valence-corrected chi connectivity index (χ0v) is 15.1. The van der Waals surface area contributed by atoms with E-state index in [1.54, 1.807) is 35.2 Å². The van der Waals surface area contributed by atoms with Crippen molar-refractivity contribution in [1.82, 2.24) is 9.80 Å². The first-order valence-electron chi connectivity index (χ1n) is 8.58. The second-order valence-corrected chi connectivity index (χ2v) is 6.97. The first-order valence-corrected chi connectivity index (χ1v) is 8.58. The predicted molar refractivity (Wildman–Crippen MR) is 96.3 cm³/mol. The molecule has 27 heavy (non-hydrogen) atoms. The van der Waals surface area contributed by atoms with Gasteiger partial charge in [-0.25, -0.2) is 0 Å². The number of rotatable bonds is 3. The number of likely N-dealkylation sites (tertiary alicyclic amines) is 1. The Morgan fingerprint density at radius 1 is 1.07 bits per heavy atom. The fourth-order valence-electron chi connectivity index (χ4n) is 3.33. The Kier molecular flexibility index (Phi) is 5.26. The molecule has 2 aromatic carbocycles. The van der Waals surface area contributed by atoms with Crippen molar-refractivity contribution < 1.29 is 23.1 Å². The molecule has 1 saturated heterocycles. The van der Waals surface area contributed by atoms with E-state index in [1.807, 2.05) is 19.0 Å². The number of likely N-dealkylation sites (N-methyl/N-ethyl adjacent to an activating group) is 1.